The molecule has 2 rings (SSSR count). The Morgan fingerprint density at radius 3 is 2.74 bits per heavy atom. The molecule has 0 aliphatic heterocycles. The minimum atomic E-state index is -0.994. The number of aryl methyl sites for hydroxylation is 1. The lowest BCUT2D eigenvalue weighted by Gasteiger charge is -2.07. The molecule has 0 bridgehead atoms. The lowest BCUT2D eigenvalue weighted by atomic mass is 10.1. The third-order valence-corrected chi connectivity index (χ3v) is 3.43. The summed E-state index contributed by atoms with van der Waals surface area (Å²) in [5, 5.41) is 15.6. The normalized spacial score (nSPS) is 10.2. The van der Waals surface area contributed by atoms with Crippen molar-refractivity contribution in [2.24, 2.45) is 0 Å². The zero-order valence-corrected chi connectivity index (χ0v) is 11.2. The minimum Gasteiger partial charge on any atom is -0.478 e. The lowest BCUT2D eigenvalue weighted by molar-refractivity contribution is -0.115. The number of carboxylic acid groups (broad SMARTS) is 1. The van der Waals surface area contributed by atoms with Gasteiger partial charge in [-0.1, -0.05) is 6.07 Å². The zero-order valence-electron chi connectivity index (χ0n) is 10.3. The third-order valence-electron chi connectivity index (χ3n) is 2.70. The molecule has 2 aromatic rings. The van der Waals surface area contributed by atoms with E-state index in [-0.39, 0.29) is 11.5 Å². The maximum atomic E-state index is 11.8. The Morgan fingerprint density at radius 1 is 1.32 bits per heavy atom. The van der Waals surface area contributed by atoms with Crippen LogP contribution in [-0.4, -0.2) is 17.0 Å². The van der Waals surface area contributed by atoms with Crippen LogP contribution in [0.15, 0.2) is 35.0 Å². The van der Waals surface area contributed by atoms with Crippen LogP contribution in [0.4, 0.5) is 5.69 Å². The number of aromatic carboxylic acids is 1. The van der Waals surface area contributed by atoms with E-state index in [9.17, 15) is 9.59 Å². The van der Waals surface area contributed by atoms with Crippen LogP contribution in [-0.2, 0) is 11.2 Å². The highest BCUT2D eigenvalue weighted by Gasteiger charge is 2.10. The number of benzene rings is 1. The van der Waals surface area contributed by atoms with Crippen molar-refractivity contribution in [2.75, 3.05) is 5.32 Å². The molecule has 0 atom stereocenters. The summed E-state index contributed by atoms with van der Waals surface area (Å²) < 4.78 is 0. The highest BCUT2D eigenvalue weighted by Crippen LogP contribution is 2.16. The average molecular weight is 275 g/mol. The smallest absolute Gasteiger partial charge is 0.336 e. The predicted octanol–water partition coefficient (Wildman–Crippen LogP) is 2.94. The standard InChI is InChI=1S/C14H13NO3S/c1-9-2-3-11(7-12(9)14(17)18)15-13(16)6-10-4-5-19-8-10/h2-5,7-8H,6H2,1H3,(H,15,16)(H,17,18). The number of anilines is 1. The molecular weight excluding hydrogens is 262 g/mol. The number of hydrogen-bond donors (Lipinski definition) is 2. The van der Waals surface area contributed by atoms with Crippen LogP contribution in [0.25, 0.3) is 0 Å². The highest BCUT2D eigenvalue weighted by molar-refractivity contribution is 7.08. The molecule has 0 radical (unpaired) electrons. The first kappa shape index (κ1) is 13.3. The summed E-state index contributed by atoms with van der Waals surface area (Å²) in [4.78, 5) is 22.8. The first-order valence-electron chi connectivity index (χ1n) is 5.71. The van der Waals surface area contributed by atoms with E-state index in [2.05, 4.69) is 5.32 Å². The van der Waals surface area contributed by atoms with Gasteiger partial charge in [0.1, 0.15) is 0 Å². The maximum Gasteiger partial charge on any atom is 0.336 e. The summed E-state index contributed by atoms with van der Waals surface area (Å²) in [5.74, 6) is -1.15. The lowest BCUT2D eigenvalue weighted by Crippen LogP contribution is -2.14. The molecule has 98 valence electrons. The molecular formula is C14H13NO3S. The van der Waals surface area contributed by atoms with E-state index in [1.165, 1.54) is 17.4 Å². The molecule has 19 heavy (non-hydrogen) atoms. The van der Waals surface area contributed by atoms with Crippen molar-refractivity contribution < 1.29 is 14.7 Å². The number of thiophene rings is 1. The topological polar surface area (TPSA) is 66.4 Å². The highest BCUT2D eigenvalue weighted by atomic mass is 32.1. The monoisotopic (exact) mass is 275 g/mol. The summed E-state index contributed by atoms with van der Waals surface area (Å²) in [5.41, 5.74) is 2.33. The van der Waals surface area contributed by atoms with Gasteiger partial charge in [0.15, 0.2) is 0 Å². The fourth-order valence-corrected chi connectivity index (χ4v) is 2.38. The molecule has 0 fully saturated rings. The fraction of sp³-hybridized carbons (Fsp3) is 0.143. The Kier molecular flexibility index (Phi) is 3.97. The van der Waals surface area contributed by atoms with E-state index in [4.69, 9.17) is 5.11 Å². The summed E-state index contributed by atoms with van der Waals surface area (Å²) >= 11 is 1.54. The van der Waals surface area contributed by atoms with E-state index in [0.29, 0.717) is 17.7 Å². The first-order valence-corrected chi connectivity index (χ1v) is 6.65. The van der Waals surface area contributed by atoms with E-state index in [1.54, 1.807) is 19.1 Å². The molecule has 1 aromatic carbocycles. The molecule has 2 N–H and O–H groups in total. The number of nitrogens with one attached hydrogen (secondary N) is 1. The molecule has 0 unspecified atom stereocenters. The van der Waals surface area contributed by atoms with Crippen LogP contribution in [0.2, 0.25) is 0 Å². The minimum absolute atomic E-state index is 0.154. The van der Waals surface area contributed by atoms with Crippen molar-refractivity contribution in [1.29, 1.82) is 0 Å². The van der Waals surface area contributed by atoms with Crippen molar-refractivity contribution in [1.82, 2.24) is 0 Å². The third kappa shape index (κ3) is 3.42. The van der Waals surface area contributed by atoms with Crippen LogP contribution in [0.5, 0.6) is 0 Å². The molecule has 0 saturated carbocycles. The van der Waals surface area contributed by atoms with Crippen LogP contribution in [0.3, 0.4) is 0 Å². The number of carbonyl (C=O) groups excluding carboxylic acids is 1. The van der Waals surface area contributed by atoms with Crippen LogP contribution < -0.4 is 5.32 Å². The second-order valence-electron chi connectivity index (χ2n) is 4.19. The second-order valence-corrected chi connectivity index (χ2v) is 4.97. The van der Waals surface area contributed by atoms with Gasteiger partial charge in [0, 0.05) is 5.69 Å². The predicted molar refractivity (Wildman–Crippen MR) is 74.8 cm³/mol. The molecule has 5 heteroatoms. The van der Waals surface area contributed by atoms with Gasteiger partial charge < -0.3 is 10.4 Å². The first-order chi connectivity index (χ1) is 9.06. The van der Waals surface area contributed by atoms with Crippen LogP contribution in [0.1, 0.15) is 21.5 Å². The van der Waals surface area contributed by atoms with Gasteiger partial charge in [0.2, 0.25) is 5.91 Å². The summed E-state index contributed by atoms with van der Waals surface area (Å²) in [6, 6.07) is 6.75. The molecule has 4 nitrogen and oxygen atoms in total. The van der Waals surface area contributed by atoms with Gasteiger partial charge in [0.05, 0.1) is 12.0 Å². The number of rotatable bonds is 4. The number of carbonyl (C=O) groups is 2. The summed E-state index contributed by atoms with van der Waals surface area (Å²) in [6.07, 6.45) is 0.291. The van der Waals surface area contributed by atoms with E-state index >= 15 is 0 Å². The molecule has 0 aliphatic rings. The van der Waals surface area contributed by atoms with Gasteiger partial charge in [-0.05, 0) is 47.0 Å². The average Bonchev–Trinajstić information content (AvgIpc) is 2.84. The number of carboxylic acids is 1. The Morgan fingerprint density at radius 2 is 2.11 bits per heavy atom. The van der Waals surface area contributed by atoms with Crippen LogP contribution in [0, 0.1) is 6.92 Å². The molecule has 1 heterocycles. The van der Waals surface area contributed by atoms with E-state index < -0.39 is 5.97 Å². The Bertz CT molecular complexity index is 605. The molecule has 0 aliphatic carbocycles. The molecule has 0 spiro atoms. The summed E-state index contributed by atoms with van der Waals surface area (Å²) in [6.45, 7) is 1.72. The molecule has 0 saturated heterocycles. The Balaban J connectivity index is 2.09. The number of hydrogen-bond acceptors (Lipinski definition) is 3. The van der Waals surface area contributed by atoms with Gasteiger partial charge in [-0.2, -0.15) is 11.3 Å². The van der Waals surface area contributed by atoms with Crippen molar-refractivity contribution in [3.8, 4) is 0 Å². The molecule has 1 aromatic heterocycles. The van der Waals surface area contributed by atoms with Gasteiger partial charge in [0.25, 0.3) is 0 Å². The zero-order chi connectivity index (χ0) is 13.8. The fourth-order valence-electron chi connectivity index (χ4n) is 1.71. The van der Waals surface area contributed by atoms with Crippen molar-refractivity contribution in [3.05, 3.63) is 51.7 Å². The Hall–Kier alpha value is -2.14. The van der Waals surface area contributed by atoms with Gasteiger partial charge in [-0.3, -0.25) is 4.79 Å². The SMILES string of the molecule is Cc1ccc(NC(=O)Cc2ccsc2)cc1C(=O)O. The summed E-state index contributed by atoms with van der Waals surface area (Å²) in [7, 11) is 0. The van der Waals surface area contributed by atoms with E-state index in [1.807, 2.05) is 16.8 Å². The number of amides is 1. The molecule has 1 amide bonds. The quantitative estimate of drug-likeness (QED) is 0.901. The second kappa shape index (κ2) is 5.67. The van der Waals surface area contributed by atoms with Crippen molar-refractivity contribution in [3.63, 3.8) is 0 Å². The van der Waals surface area contributed by atoms with E-state index in [0.717, 1.165) is 5.56 Å². The van der Waals surface area contributed by atoms with Gasteiger partial charge in [-0.25, -0.2) is 4.79 Å². The largest absolute Gasteiger partial charge is 0.478 e. The van der Waals surface area contributed by atoms with Crippen molar-refractivity contribution in [2.45, 2.75) is 13.3 Å². The van der Waals surface area contributed by atoms with Crippen LogP contribution >= 0.6 is 11.3 Å². The van der Waals surface area contributed by atoms with Crippen molar-refractivity contribution >= 4 is 28.9 Å². The van der Waals surface area contributed by atoms with Gasteiger partial charge in [-0.15, -0.1) is 0 Å². The Labute approximate surface area is 114 Å². The maximum absolute atomic E-state index is 11.8. The van der Waals surface area contributed by atoms with Gasteiger partial charge >= 0.3 is 5.97 Å².